The first kappa shape index (κ1) is 12.2. The number of para-hydroxylation sites is 1. The van der Waals surface area contributed by atoms with Crippen LogP contribution < -0.4 is 11.3 Å². The summed E-state index contributed by atoms with van der Waals surface area (Å²) in [6, 6.07) is 7.86. The molecule has 2 aromatic rings. The third-order valence-electron chi connectivity index (χ3n) is 2.64. The van der Waals surface area contributed by atoms with Gasteiger partial charge in [-0.3, -0.25) is 5.84 Å². The van der Waals surface area contributed by atoms with Crippen molar-refractivity contribution < 1.29 is 4.42 Å². The Morgan fingerprint density at radius 2 is 2.35 bits per heavy atom. The van der Waals surface area contributed by atoms with Crippen molar-refractivity contribution in [1.82, 2.24) is 5.43 Å². The summed E-state index contributed by atoms with van der Waals surface area (Å²) < 4.78 is 6.73. The van der Waals surface area contributed by atoms with Crippen LogP contribution in [0.3, 0.4) is 0 Å². The number of nitrogens with one attached hydrogen (secondary N) is 1. The minimum Gasteiger partial charge on any atom is -0.458 e. The molecule has 1 unspecified atom stereocenters. The molecule has 1 atom stereocenters. The molecule has 4 heteroatoms. The summed E-state index contributed by atoms with van der Waals surface area (Å²) in [5, 5.41) is 1.05. The highest BCUT2D eigenvalue weighted by atomic mass is 79.9. The summed E-state index contributed by atoms with van der Waals surface area (Å²) in [5.74, 6) is 8.93. The highest BCUT2D eigenvalue weighted by Crippen LogP contribution is 2.30. The Labute approximate surface area is 108 Å². The lowest BCUT2D eigenvalue weighted by atomic mass is 10.1. The summed E-state index contributed by atoms with van der Waals surface area (Å²) in [7, 11) is 0. The molecule has 88 valence electrons. The van der Waals surface area contributed by atoms with Gasteiger partial charge in [-0.25, -0.2) is 5.43 Å². The fourth-order valence-electron chi connectivity index (χ4n) is 1.75. The molecule has 0 saturated carbocycles. The molecular formula is C13H13BrN2O. The lowest BCUT2D eigenvalue weighted by Crippen LogP contribution is -2.27. The molecule has 3 nitrogen and oxygen atoms in total. The van der Waals surface area contributed by atoms with Crippen molar-refractivity contribution in [3.63, 3.8) is 0 Å². The van der Waals surface area contributed by atoms with Crippen molar-refractivity contribution in [2.45, 2.75) is 18.9 Å². The van der Waals surface area contributed by atoms with E-state index in [0.29, 0.717) is 6.42 Å². The van der Waals surface area contributed by atoms with Gasteiger partial charge in [0.25, 0.3) is 0 Å². The fourth-order valence-corrected chi connectivity index (χ4v) is 2.22. The van der Waals surface area contributed by atoms with Gasteiger partial charge in [0, 0.05) is 11.8 Å². The summed E-state index contributed by atoms with van der Waals surface area (Å²) in [6.45, 7) is 0. The van der Waals surface area contributed by atoms with E-state index in [1.54, 1.807) is 0 Å². The zero-order valence-corrected chi connectivity index (χ0v) is 10.8. The van der Waals surface area contributed by atoms with Gasteiger partial charge in [-0.15, -0.1) is 12.3 Å². The number of benzene rings is 1. The second-order valence-corrected chi connectivity index (χ2v) is 4.62. The third kappa shape index (κ3) is 2.52. The average Bonchev–Trinajstić information content (AvgIpc) is 2.75. The molecule has 1 aromatic carbocycles. The number of fused-ring (bicyclic) bond motifs is 1. The largest absolute Gasteiger partial charge is 0.458 e. The second kappa shape index (κ2) is 5.37. The molecule has 0 aliphatic carbocycles. The Bertz CT molecular complexity index is 556. The Hall–Kier alpha value is -1.28. The Morgan fingerprint density at radius 1 is 1.53 bits per heavy atom. The maximum atomic E-state index is 5.79. The Balaban J connectivity index is 2.35. The minimum atomic E-state index is -0.0506. The predicted octanol–water partition coefficient (Wildman–Crippen LogP) is 3.11. The van der Waals surface area contributed by atoms with Crippen LogP contribution in [-0.2, 0) is 0 Å². The fraction of sp³-hybridized carbons (Fsp3) is 0.231. The first-order chi connectivity index (χ1) is 8.26. The van der Waals surface area contributed by atoms with Crippen molar-refractivity contribution in [2.24, 2.45) is 5.84 Å². The van der Waals surface area contributed by atoms with E-state index in [-0.39, 0.29) is 6.04 Å². The van der Waals surface area contributed by atoms with Gasteiger partial charge in [-0.1, -0.05) is 12.1 Å². The van der Waals surface area contributed by atoms with Crippen LogP contribution in [-0.4, -0.2) is 0 Å². The lowest BCUT2D eigenvalue weighted by Gasteiger charge is -2.10. The van der Waals surface area contributed by atoms with E-state index < -0.39 is 0 Å². The van der Waals surface area contributed by atoms with Crippen LogP contribution in [0.25, 0.3) is 11.0 Å². The SMILES string of the molecule is C#CCCC(NN)c1cc2cccc(Br)c2o1. The third-order valence-corrected chi connectivity index (χ3v) is 3.26. The molecule has 1 aromatic heterocycles. The van der Waals surface area contributed by atoms with Crippen LogP contribution >= 0.6 is 15.9 Å². The molecule has 2 rings (SSSR count). The van der Waals surface area contributed by atoms with Gasteiger partial charge < -0.3 is 4.42 Å². The van der Waals surface area contributed by atoms with Gasteiger partial charge in [-0.05, 0) is 34.5 Å². The summed E-state index contributed by atoms with van der Waals surface area (Å²) in [4.78, 5) is 0. The van der Waals surface area contributed by atoms with E-state index in [1.807, 2.05) is 24.3 Å². The van der Waals surface area contributed by atoms with Gasteiger partial charge in [-0.2, -0.15) is 0 Å². The van der Waals surface area contributed by atoms with E-state index >= 15 is 0 Å². The smallest absolute Gasteiger partial charge is 0.148 e. The lowest BCUT2D eigenvalue weighted by molar-refractivity contribution is 0.420. The molecular weight excluding hydrogens is 280 g/mol. The normalized spacial score (nSPS) is 12.5. The van der Waals surface area contributed by atoms with Crippen molar-refractivity contribution in [3.05, 3.63) is 34.5 Å². The Kier molecular flexibility index (Phi) is 3.85. The molecule has 0 aliphatic rings. The Morgan fingerprint density at radius 3 is 3.00 bits per heavy atom. The highest BCUT2D eigenvalue weighted by Gasteiger charge is 2.15. The van der Waals surface area contributed by atoms with Crippen LogP contribution in [0.4, 0.5) is 0 Å². The number of hydrogen-bond acceptors (Lipinski definition) is 3. The van der Waals surface area contributed by atoms with Crippen LogP contribution in [0.1, 0.15) is 24.6 Å². The van der Waals surface area contributed by atoms with Crippen molar-refractivity contribution in [1.29, 1.82) is 0 Å². The van der Waals surface area contributed by atoms with E-state index in [2.05, 4.69) is 27.3 Å². The molecule has 0 spiro atoms. The maximum Gasteiger partial charge on any atom is 0.148 e. The number of hydrogen-bond donors (Lipinski definition) is 2. The molecule has 0 radical (unpaired) electrons. The van der Waals surface area contributed by atoms with Gasteiger partial charge in [0.2, 0.25) is 0 Å². The summed E-state index contributed by atoms with van der Waals surface area (Å²) >= 11 is 3.46. The quantitative estimate of drug-likeness (QED) is 0.517. The first-order valence-corrected chi connectivity index (χ1v) is 6.13. The van der Waals surface area contributed by atoms with Crippen LogP contribution in [0.15, 0.2) is 33.2 Å². The van der Waals surface area contributed by atoms with E-state index in [9.17, 15) is 0 Å². The number of nitrogens with two attached hydrogens (primary N) is 1. The highest BCUT2D eigenvalue weighted by molar-refractivity contribution is 9.10. The zero-order chi connectivity index (χ0) is 12.3. The molecule has 3 N–H and O–H groups in total. The zero-order valence-electron chi connectivity index (χ0n) is 9.24. The maximum absolute atomic E-state index is 5.79. The van der Waals surface area contributed by atoms with Crippen LogP contribution in [0.2, 0.25) is 0 Å². The molecule has 0 aliphatic heterocycles. The predicted molar refractivity (Wildman–Crippen MR) is 72.0 cm³/mol. The van der Waals surface area contributed by atoms with Crippen LogP contribution in [0, 0.1) is 12.3 Å². The van der Waals surface area contributed by atoms with Gasteiger partial charge in [0.1, 0.15) is 11.3 Å². The monoisotopic (exact) mass is 292 g/mol. The number of terminal acetylenes is 1. The minimum absolute atomic E-state index is 0.0506. The number of rotatable bonds is 4. The molecule has 0 fully saturated rings. The van der Waals surface area contributed by atoms with E-state index in [4.69, 9.17) is 16.7 Å². The summed E-state index contributed by atoms with van der Waals surface area (Å²) in [5.41, 5.74) is 3.57. The van der Waals surface area contributed by atoms with E-state index in [1.165, 1.54) is 0 Å². The van der Waals surface area contributed by atoms with Gasteiger partial charge >= 0.3 is 0 Å². The number of hydrazine groups is 1. The van der Waals surface area contributed by atoms with Crippen LogP contribution in [0.5, 0.6) is 0 Å². The first-order valence-electron chi connectivity index (χ1n) is 5.34. The standard InChI is InChI=1S/C13H13BrN2O/c1-2-3-7-11(16-15)12-8-9-5-4-6-10(14)13(9)17-12/h1,4-6,8,11,16H,3,7,15H2. The summed E-state index contributed by atoms with van der Waals surface area (Å²) in [6.07, 6.45) is 6.67. The number of halogens is 1. The second-order valence-electron chi connectivity index (χ2n) is 3.77. The van der Waals surface area contributed by atoms with Crippen molar-refractivity contribution in [3.8, 4) is 12.3 Å². The van der Waals surface area contributed by atoms with Gasteiger partial charge in [0.05, 0.1) is 10.5 Å². The van der Waals surface area contributed by atoms with Crippen molar-refractivity contribution in [2.75, 3.05) is 0 Å². The molecule has 1 heterocycles. The number of furan rings is 1. The molecule has 0 amide bonds. The molecule has 0 saturated heterocycles. The van der Waals surface area contributed by atoms with Gasteiger partial charge in [0.15, 0.2) is 0 Å². The van der Waals surface area contributed by atoms with Crippen molar-refractivity contribution >= 4 is 26.9 Å². The van der Waals surface area contributed by atoms with E-state index in [0.717, 1.165) is 27.6 Å². The molecule has 17 heavy (non-hydrogen) atoms. The average molecular weight is 293 g/mol. The topological polar surface area (TPSA) is 51.2 Å². The molecule has 0 bridgehead atoms.